The van der Waals surface area contributed by atoms with Crippen LogP contribution in [0.3, 0.4) is 0 Å². The van der Waals surface area contributed by atoms with E-state index in [1.54, 1.807) is 24.3 Å². The Bertz CT molecular complexity index is 1180. The number of thiophene rings is 1. The molecule has 134 valence electrons. The molecular formula is C20H14ClN3O2S. The fourth-order valence-electron chi connectivity index (χ4n) is 2.78. The van der Waals surface area contributed by atoms with Gasteiger partial charge in [-0.1, -0.05) is 54.1 Å². The summed E-state index contributed by atoms with van der Waals surface area (Å²) in [5.74, 6) is -0.341. The molecule has 7 heteroatoms. The number of carbonyl (C=O) groups is 1. The SMILES string of the molecule is O=C(Cn1cnc2c(-c3ccccc3)csc2c1=O)Nc1ccccc1Cl. The molecule has 0 bridgehead atoms. The number of rotatable bonds is 4. The van der Waals surface area contributed by atoms with Gasteiger partial charge in [-0.2, -0.15) is 0 Å². The molecule has 0 fully saturated rings. The largest absolute Gasteiger partial charge is 0.323 e. The van der Waals surface area contributed by atoms with E-state index in [9.17, 15) is 9.59 Å². The van der Waals surface area contributed by atoms with Crippen LogP contribution in [0.5, 0.6) is 0 Å². The van der Waals surface area contributed by atoms with Crippen LogP contribution in [0.4, 0.5) is 5.69 Å². The van der Waals surface area contributed by atoms with E-state index in [-0.39, 0.29) is 18.0 Å². The average molecular weight is 396 g/mol. The molecule has 1 N–H and O–H groups in total. The number of nitrogens with one attached hydrogen (secondary N) is 1. The van der Waals surface area contributed by atoms with E-state index in [4.69, 9.17) is 11.6 Å². The maximum atomic E-state index is 12.8. The first kappa shape index (κ1) is 17.5. The van der Waals surface area contributed by atoms with E-state index in [2.05, 4.69) is 10.3 Å². The Balaban J connectivity index is 1.62. The van der Waals surface area contributed by atoms with Crippen LogP contribution in [0.15, 0.2) is 71.1 Å². The summed E-state index contributed by atoms with van der Waals surface area (Å²) in [6.45, 7) is -0.133. The van der Waals surface area contributed by atoms with Gasteiger partial charge in [0, 0.05) is 10.9 Å². The number of nitrogens with zero attached hydrogens (tertiary/aromatic N) is 2. The molecule has 0 saturated heterocycles. The van der Waals surface area contributed by atoms with E-state index >= 15 is 0 Å². The number of halogens is 1. The first-order valence-corrected chi connectivity index (χ1v) is 9.45. The highest BCUT2D eigenvalue weighted by molar-refractivity contribution is 7.17. The number of fused-ring (bicyclic) bond motifs is 1. The lowest BCUT2D eigenvalue weighted by atomic mass is 10.1. The van der Waals surface area contributed by atoms with E-state index in [0.717, 1.165) is 11.1 Å². The minimum Gasteiger partial charge on any atom is -0.323 e. The van der Waals surface area contributed by atoms with Crippen LogP contribution in [0, 0.1) is 0 Å². The number of hydrogen-bond acceptors (Lipinski definition) is 4. The van der Waals surface area contributed by atoms with Crippen molar-refractivity contribution in [2.24, 2.45) is 0 Å². The Kier molecular flexibility index (Phi) is 4.75. The van der Waals surface area contributed by atoms with Crippen LogP contribution in [-0.4, -0.2) is 15.5 Å². The van der Waals surface area contributed by atoms with Gasteiger partial charge in [0.05, 0.1) is 22.6 Å². The summed E-state index contributed by atoms with van der Waals surface area (Å²) in [4.78, 5) is 29.5. The Morgan fingerprint density at radius 1 is 1.11 bits per heavy atom. The van der Waals surface area contributed by atoms with Crippen molar-refractivity contribution in [3.8, 4) is 11.1 Å². The number of carbonyl (C=O) groups excluding carboxylic acids is 1. The second-order valence-corrected chi connectivity index (χ2v) is 7.19. The molecule has 5 nitrogen and oxygen atoms in total. The Labute approximate surface area is 163 Å². The monoisotopic (exact) mass is 395 g/mol. The average Bonchev–Trinajstić information content (AvgIpc) is 3.11. The third-order valence-electron chi connectivity index (χ3n) is 4.09. The lowest BCUT2D eigenvalue weighted by molar-refractivity contribution is -0.116. The van der Waals surface area contributed by atoms with Gasteiger partial charge in [0.1, 0.15) is 11.2 Å². The Morgan fingerprint density at radius 3 is 2.63 bits per heavy atom. The number of anilines is 1. The molecule has 0 radical (unpaired) electrons. The van der Waals surface area contributed by atoms with Crippen LogP contribution in [0.25, 0.3) is 21.3 Å². The maximum absolute atomic E-state index is 12.8. The fourth-order valence-corrected chi connectivity index (χ4v) is 3.94. The third-order valence-corrected chi connectivity index (χ3v) is 5.38. The highest BCUT2D eigenvalue weighted by Crippen LogP contribution is 2.30. The Hall–Kier alpha value is -2.96. The second kappa shape index (κ2) is 7.34. The zero-order chi connectivity index (χ0) is 18.8. The smallest absolute Gasteiger partial charge is 0.271 e. The van der Waals surface area contributed by atoms with Gasteiger partial charge in [-0.15, -0.1) is 11.3 Å². The van der Waals surface area contributed by atoms with Gasteiger partial charge in [0.25, 0.3) is 5.56 Å². The summed E-state index contributed by atoms with van der Waals surface area (Å²) < 4.78 is 1.83. The zero-order valence-corrected chi connectivity index (χ0v) is 15.6. The van der Waals surface area contributed by atoms with Gasteiger partial charge in [-0.05, 0) is 17.7 Å². The number of amides is 1. The topological polar surface area (TPSA) is 64.0 Å². The van der Waals surface area contributed by atoms with Crippen molar-refractivity contribution < 1.29 is 4.79 Å². The molecule has 0 saturated carbocycles. The van der Waals surface area contributed by atoms with Crippen molar-refractivity contribution in [3.05, 3.63) is 81.7 Å². The van der Waals surface area contributed by atoms with Gasteiger partial charge in [-0.25, -0.2) is 4.98 Å². The third kappa shape index (κ3) is 3.49. The van der Waals surface area contributed by atoms with Crippen LogP contribution < -0.4 is 10.9 Å². The second-order valence-electron chi connectivity index (χ2n) is 5.90. The van der Waals surface area contributed by atoms with Crippen LogP contribution in [0.2, 0.25) is 5.02 Å². The number of aromatic nitrogens is 2. The Morgan fingerprint density at radius 2 is 1.85 bits per heavy atom. The highest BCUT2D eigenvalue weighted by Gasteiger charge is 2.14. The quantitative estimate of drug-likeness (QED) is 0.556. The number of benzene rings is 2. The van der Waals surface area contributed by atoms with E-state index in [0.29, 0.717) is 20.9 Å². The molecule has 1 amide bonds. The summed E-state index contributed by atoms with van der Waals surface area (Å²) in [6, 6.07) is 16.7. The standard InChI is InChI=1S/C20H14ClN3O2S/c21-15-8-4-5-9-16(15)23-17(25)10-24-12-22-18-14(11-27-19(18)20(24)26)13-6-2-1-3-7-13/h1-9,11-12H,10H2,(H,23,25). The van der Waals surface area contributed by atoms with Gasteiger partial charge in [0.15, 0.2) is 0 Å². The van der Waals surface area contributed by atoms with Crippen LogP contribution >= 0.6 is 22.9 Å². The van der Waals surface area contributed by atoms with Crippen molar-refractivity contribution in [3.63, 3.8) is 0 Å². The van der Waals surface area contributed by atoms with Crippen molar-refractivity contribution in [1.29, 1.82) is 0 Å². The van der Waals surface area contributed by atoms with E-state index in [1.807, 2.05) is 35.7 Å². The molecule has 0 spiro atoms. The lowest BCUT2D eigenvalue weighted by Crippen LogP contribution is -2.27. The molecule has 27 heavy (non-hydrogen) atoms. The van der Waals surface area contributed by atoms with Crippen molar-refractivity contribution >= 4 is 44.7 Å². The molecule has 0 aliphatic carbocycles. The summed E-state index contributed by atoms with van der Waals surface area (Å²) in [7, 11) is 0. The lowest BCUT2D eigenvalue weighted by Gasteiger charge is -2.08. The normalized spacial score (nSPS) is 10.9. The van der Waals surface area contributed by atoms with Crippen LogP contribution in [0.1, 0.15) is 0 Å². The van der Waals surface area contributed by atoms with Gasteiger partial charge < -0.3 is 5.32 Å². The summed E-state index contributed by atoms with van der Waals surface area (Å²) >= 11 is 7.38. The predicted molar refractivity (Wildman–Crippen MR) is 109 cm³/mol. The molecular weight excluding hydrogens is 382 g/mol. The van der Waals surface area contributed by atoms with Gasteiger partial charge >= 0.3 is 0 Å². The molecule has 4 aromatic rings. The minimum atomic E-state index is -0.341. The minimum absolute atomic E-state index is 0.133. The molecule has 2 aromatic heterocycles. The first-order valence-electron chi connectivity index (χ1n) is 8.20. The van der Waals surface area contributed by atoms with Crippen molar-refractivity contribution in [1.82, 2.24) is 9.55 Å². The van der Waals surface area contributed by atoms with Gasteiger partial charge in [0.2, 0.25) is 5.91 Å². The highest BCUT2D eigenvalue weighted by atomic mass is 35.5. The molecule has 0 unspecified atom stereocenters. The molecule has 0 aliphatic rings. The zero-order valence-electron chi connectivity index (χ0n) is 14.1. The molecule has 2 aromatic carbocycles. The molecule has 2 heterocycles. The maximum Gasteiger partial charge on any atom is 0.271 e. The van der Waals surface area contributed by atoms with Crippen molar-refractivity contribution in [2.45, 2.75) is 6.54 Å². The predicted octanol–water partition coefficient (Wildman–Crippen LogP) is 4.42. The molecule has 0 aliphatic heterocycles. The van der Waals surface area contributed by atoms with Crippen molar-refractivity contribution in [2.75, 3.05) is 5.32 Å². The van der Waals surface area contributed by atoms with E-state index in [1.165, 1.54) is 22.2 Å². The number of hydrogen-bond donors (Lipinski definition) is 1. The summed E-state index contributed by atoms with van der Waals surface area (Å²) in [6.07, 6.45) is 1.41. The fraction of sp³-hybridized carbons (Fsp3) is 0.0500. The van der Waals surface area contributed by atoms with Gasteiger partial charge in [-0.3, -0.25) is 14.2 Å². The molecule has 4 rings (SSSR count). The summed E-state index contributed by atoms with van der Waals surface area (Å²) in [5, 5.41) is 5.07. The summed E-state index contributed by atoms with van der Waals surface area (Å²) in [5.41, 5.74) is 2.85. The van der Waals surface area contributed by atoms with Crippen LogP contribution in [-0.2, 0) is 11.3 Å². The first-order chi connectivity index (χ1) is 13.1. The number of para-hydroxylation sites is 1. The molecule has 0 atom stereocenters. The van der Waals surface area contributed by atoms with E-state index < -0.39 is 0 Å².